The highest BCUT2D eigenvalue weighted by atomic mass is 16.5. The van der Waals surface area contributed by atoms with Crippen molar-refractivity contribution in [2.45, 2.75) is 5.41 Å². The zero-order valence-corrected chi connectivity index (χ0v) is 38.2. The number of rotatable bonds is 4. The Labute approximate surface area is 407 Å². The summed E-state index contributed by atoms with van der Waals surface area (Å²) in [6, 6.07) is 81.2. The molecule has 16 rings (SSSR count). The summed E-state index contributed by atoms with van der Waals surface area (Å²) in [4.78, 5) is 10.5. The molecule has 0 saturated carbocycles. The van der Waals surface area contributed by atoms with Crippen LogP contribution in [0.15, 0.2) is 237 Å². The quantitative estimate of drug-likeness (QED) is 0.177. The van der Waals surface area contributed by atoms with E-state index >= 15 is 0 Å². The molecule has 1 aliphatic heterocycles. The van der Waals surface area contributed by atoms with Gasteiger partial charge in [-0.3, -0.25) is 9.97 Å². The van der Waals surface area contributed by atoms with Gasteiger partial charge in [-0.25, -0.2) is 0 Å². The molecule has 0 fully saturated rings. The zero-order chi connectivity index (χ0) is 46.4. The molecular formula is C65H39N5O. The fourth-order valence-electron chi connectivity index (χ4n) is 12.5. The van der Waals surface area contributed by atoms with Crippen molar-refractivity contribution >= 4 is 65.4 Å². The van der Waals surface area contributed by atoms with Crippen molar-refractivity contribution in [3.63, 3.8) is 0 Å². The molecule has 0 saturated heterocycles. The maximum atomic E-state index is 6.90. The van der Waals surface area contributed by atoms with Gasteiger partial charge in [-0.15, -0.1) is 0 Å². The number of hydrogen-bond donors (Lipinski definition) is 0. The highest BCUT2D eigenvalue weighted by molar-refractivity contribution is 6.12. The molecule has 0 amide bonds. The van der Waals surface area contributed by atoms with Crippen molar-refractivity contribution in [2.75, 3.05) is 0 Å². The fourth-order valence-corrected chi connectivity index (χ4v) is 12.5. The smallest absolute Gasteiger partial charge is 0.132 e. The average Bonchev–Trinajstić information content (AvgIpc) is 4.15. The van der Waals surface area contributed by atoms with Crippen molar-refractivity contribution in [3.8, 4) is 51.1 Å². The normalized spacial score (nSPS) is 14.6. The summed E-state index contributed by atoms with van der Waals surface area (Å²) in [6.45, 7) is 0. The minimum absolute atomic E-state index is 0.775. The summed E-state index contributed by atoms with van der Waals surface area (Å²) >= 11 is 0. The van der Waals surface area contributed by atoms with Crippen molar-refractivity contribution in [1.82, 2.24) is 23.7 Å². The van der Waals surface area contributed by atoms with E-state index in [4.69, 9.17) is 14.7 Å². The van der Waals surface area contributed by atoms with E-state index in [2.05, 4.69) is 238 Å². The summed E-state index contributed by atoms with van der Waals surface area (Å²) in [7, 11) is 0. The first-order valence-electron chi connectivity index (χ1n) is 24.2. The van der Waals surface area contributed by atoms with Crippen LogP contribution >= 0.6 is 0 Å². The summed E-state index contributed by atoms with van der Waals surface area (Å²) in [5, 5.41) is 7.31. The number of benzene rings is 9. The molecule has 6 nitrogen and oxygen atoms in total. The molecule has 1 aliphatic carbocycles. The first kappa shape index (κ1) is 38.4. The molecule has 0 bridgehead atoms. The Hall–Kier alpha value is -9.52. The van der Waals surface area contributed by atoms with Gasteiger partial charge in [0.05, 0.1) is 49.9 Å². The van der Waals surface area contributed by atoms with Gasteiger partial charge in [0.2, 0.25) is 0 Å². The van der Waals surface area contributed by atoms with E-state index in [0.29, 0.717) is 0 Å². The van der Waals surface area contributed by atoms with Crippen LogP contribution in [-0.4, -0.2) is 23.7 Å². The van der Waals surface area contributed by atoms with Crippen LogP contribution in [0, 0.1) is 0 Å². The molecule has 1 atom stereocenters. The topological polar surface area (TPSA) is 49.8 Å². The Morgan fingerprint density at radius 3 is 1.42 bits per heavy atom. The van der Waals surface area contributed by atoms with Crippen LogP contribution in [0.25, 0.3) is 105 Å². The molecule has 330 valence electrons. The Morgan fingerprint density at radius 2 is 0.803 bits per heavy atom. The lowest BCUT2D eigenvalue weighted by atomic mass is 9.66. The number of para-hydroxylation sites is 6. The third-order valence-corrected chi connectivity index (χ3v) is 15.4. The number of nitrogens with zero attached hydrogens (tertiary/aromatic N) is 5. The molecule has 9 aromatic carbocycles. The van der Waals surface area contributed by atoms with Gasteiger partial charge in [0.25, 0.3) is 0 Å². The van der Waals surface area contributed by atoms with Crippen molar-refractivity contribution in [2.24, 2.45) is 0 Å². The predicted molar refractivity (Wildman–Crippen MR) is 288 cm³/mol. The minimum Gasteiger partial charge on any atom is -0.457 e. The van der Waals surface area contributed by atoms with Gasteiger partial charge in [-0.05, 0) is 108 Å². The lowest BCUT2D eigenvalue weighted by Crippen LogP contribution is -2.32. The summed E-state index contributed by atoms with van der Waals surface area (Å²) < 4.78 is 14.1. The number of fused-ring (bicyclic) bond motifs is 18. The second kappa shape index (κ2) is 14.3. The largest absolute Gasteiger partial charge is 0.457 e. The third kappa shape index (κ3) is 5.15. The van der Waals surface area contributed by atoms with Crippen molar-refractivity contribution < 1.29 is 4.74 Å². The van der Waals surface area contributed by atoms with Crippen LogP contribution < -0.4 is 4.74 Å². The molecule has 1 spiro atoms. The Balaban J connectivity index is 0.894. The molecule has 71 heavy (non-hydrogen) atoms. The predicted octanol–water partition coefficient (Wildman–Crippen LogP) is 15.9. The molecule has 2 aliphatic rings. The van der Waals surface area contributed by atoms with Gasteiger partial charge in [0, 0.05) is 84.0 Å². The summed E-state index contributed by atoms with van der Waals surface area (Å²) in [5.74, 6) is 1.65. The highest BCUT2D eigenvalue weighted by Crippen LogP contribution is 2.62. The second-order valence-corrected chi connectivity index (χ2v) is 18.9. The summed E-state index contributed by atoms with van der Waals surface area (Å²) in [6.07, 6.45) is 3.92. The van der Waals surface area contributed by atoms with Gasteiger partial charge >= 0.3 is 0 Å². The number of aromatic nitrogens is 5. The van der Waals surface area contributed by atoms with Gasteiger partial charge in [-0.1, -0.05) is 127 Å². The van der Waals surface area contributed by atoms with E-state index in [9.17, 15) is 0 Å². The molecule has 14 aromatic rings. The standard InChI is InChI=1S/C65H39N5O/c1-7-24-55-45(17-1)46-18-2-8-25-56(46)68(55)42-15-13-16-43(37-42)69-59-28-11-5-21-49(59)50-35-40(30-32-60(50)69)41-36-54-64(67-39-41)63-52(23-14-34-66-63)65(54)51-22-6-12-29-61(51)71-62-33-31-44(38-53(62)65)70-57-26-9-3-19-47(57)48-20-4-10-27-58(48)70/h1-39H. The van der Waals surface area contributed by atoms with Crippen molar-refractivity contribution in [3.05, 3.63) is 259 Å². The molecule has 5 aromatic heterocycles. The minimum atomic E-state index is -0.775. The van der Waals surface area contributed by atoms with Gasteiger partial charge < -0.3 is 18.4 Å². The van der Waals surface area contributed by atoms with Crippen LogP contribution in [-0.2, 0) is 5.41 Å². The number of hydrogen-bond acceptors (Lipinski definition) is 3. The van der Waals surface area contributed by atoms with E-state index in [-0.39, 0.29) is 0 Å². The third-order valence-electron chi connectivity index (χ3n) is 15.4. The van der Waals surface area contributed by atoms with Crippen LogP contribution in [0.1, 0.15) is 22.3 Å². The van der Waals surface area contributed by atoms with Gasteiger partial charge in [0.1, 0.15) is 11.5 Å². The second-order valence-electron chi connectivity index (χ2n) is 18.9. The zero-order valence-electron chi connectivity index (χ0n) is 38.2. The van der Waals surface area contributed by atoms with E-state index in [0.717, 1.165) is 95.4 Å². The first-order chi connectivity index (χ1) is 35.2. The Morgan fingerprint density at radius 1 is 0.310 bits per heavy atom. The Bertz CT molecular complexity index is 4480. The maximum absolute atomic E-state index is 6.90. The monoisotopic (exact) mass is 905 g/mol. The molecule has 6 heterocycles. The molecule has 0 N–H and O–H groups in total. The molecule has 6 heteroatoms. The Kier molecular flexibility index (Phi) is 7.72. The van der Waals surface area contributed by atoms with Crippen LogP contribution in [0.3, 0.4) is 0 Å². The van der Waals surface area contributed by atoms with E-state index in [1.54, 1.807) is 0 Å². The number of ether oxygens (including phenoxy) is 1. The maximum Gasteiger partial charge on any atom is 0.132 e. The number of pyridine rings is 2. The van der Waals surface area contributed by atoms with Crippen LogP contribution in [0.5, 0.6) is 11.5 Å². The molecular weight excluding hydrogens is 867 g/mol. The molecule has 0 radical (unpaired) electrons. The molecule has 1 unspecified atom stereocenters. The average molecular weight is 906 g/mol. The van der Waals surface area contributed by atoms with E-state index in [1.165, 1.54) is 43.4 Å². The van der Waals surface area contributed by atoms with E-state index in [1.807, 2.05) is 12.4 Å². The van der Waals surface area contributed by atoms with Crippen LogP contribution in [0.4, 0.5) is 0 Å². The van der Waals surface area contributed by atoms with Gasteiger partial charge in [-0.2, -0.15) is 0 Å². The van der Waals surface area contributed by atoms with Crippen LogP contribution in [0.2, 0.25) is 0 Å². The lowest BCUT2D eigenvalue weighted by molar-refractivity contribution is 0.436. The highest BCUT2D eigenvalue weighted by Gasteiger charge is 2.52. The summed E-state index contributed by atoms with van der Waals surface area (Å²) in [5.41, 5.74) is 17.7. The van der Waals surface area contributed by atoms with E-state index < -0.39 is 5.41 Å². The fraction of sp³-hybridized carbons (Fsp3) is 0.0154. The SMILES string of the molecule is c1cc(-n2c3ccccc3c3ccccc32)cc(-n2c3ccccc3c3cc(-c4cnc5c(c4)C4(c6ccccc6Oc6ccc(-n7c8ccccc8c8ccccc87)cc64)c4cccnc4-5)ccc32)c1. The lowest BCUT2D eigenvalue weighted by Gasteiger charge is -2.39. The first-order valence-corrected chi connectivity index (χ1v) is 24.2. The van der Waals surface area contributed by atoms with Gasteiger partial charge in [0.15, 0.2) is 0 Å². The van der Waals surface area contributed by atoms with Crippen molar-refractivity contribution in [1.29, 1.82) is 0 Å².